The number of nitrogens with zero attached hydrogens (tertiary/aromatic N) is 6. The second-order valence-electron chi connectivity index (χ2n) is 8.20. The van der Waals surface area contributed by atoms with Crippen LogP contribution in [0.1, 0.15) is 34.8 Å². The molecule has 1 aliphatic rings. The molecule has 0 radical (unpaired) electrons. The minimum atomic E-state index is -0.333. The monoisotopic (exact) mass is 475 g/mol. The van der Waals surface area contributed by atoms with Crippen LogP contribution in [0.2, 0.25) is 0 Å². The molecule has 0 bridgehead atoms. The number of likely N-dealkylation sites (tertiary alicyclic amines) is 1. The molecule has 4 heterocycles. The van der Waals surface area contributed by atoms with Gasteiger partial charge in [-0.2, -0.15) is 10.2 Å². The van der Waals surface area contributed by atoms with Gasteiger partial charge >= 0.3 is 6.09 Å². The number of amides is 2. The van der Waals surface area contributed by atoms with Gasteiger partial charge in [-0.25, -0.2) is 19.0 Å². The first-order chi connectivity index (χ1) is 17.1. The molecule has 0 spiro atoms. The van der Waals surface area contributed by atoms with E-state index in [9.17, 15) is 9.59 Å². The Hall–Kier alpha value is -4.41. The van der Waals surface area contributed by atoms with E-state index in [-0.39, 0.29) is 17.9 Å². The van der Waals surface area contributed by atoms with Crippen molar-refractivity contribution in [3.05, 3.63) is 66.2 Å². The van der Waals surface area contributed by atoms with Crippen molar-refractivity contribution in [2.24, 2.45) is 0 Å². The Morgan fingerprint density at radius 3 is 2.60 bits per heavy atom. The normalized spacial score (nSPS) is 14.2. The molecule has 180 valence electrons. The zero-order valence-electron chi connectivity index (χ0n) is 19.4. The highest BCUT2D eigenvalue weighted by atomic mass is 16.5. The predicted molar refractivity (Wildman–Crippen MR) is 127 cm³/mol. The van der Waals surface area contributed by atoms with Crippen molar-refractivity contribution in [3.63, 3.8) is 0 Å². The van der Waals surface area contributed by atoms with Gasteiger partial charge in [-0.15, -0.1) is 0 Å². The number of rotatable bonds is 5. The highest BCUT2D eigenvalue weighted by molar-refractivity contribution is 6.07. The molecule has 11 heteroatoms. The number of aromatic nitrogens is 5. The fourth-order valence-electron chi connectivity index (χ4n) is 4.27. The van der Waals surface area contributed by atoms with E-state index in [1.165, 1.54) is 13.3 Å². The number of benzene rings is 1. The lowest BCUT2D eigenvalue weighted by atomic mass is 9.94. The Kier molecular flexibility index (Phi) is 6.04. The number of carbonyl (C=O) groups excluding carboxylic acids is 2. The van der Waals surface area contributed by atoms with Gasteiger partial charge in [0.15, 0.2) is 5.65 Å². The van der Waals surface area contributed by atoms with Gasteiger partial charge in [0.2, 0.25) is 0 Å². The van der Waals surface area contributed by atoms with E-state index in [0.717, 1.165) is 30.0 Å². The van der Waals surface area contributed by atoms with Crippen LogP contribution in [0.3, 0.4) is 0 Å². The summed E-state index contributed by atoms with van der Waals surface area (Å²) in [5, 5.41) is 12.0. The highest BCUT2D eigenvalue weighted by Gasteiger charge is 2.27. The standard InChI is InChI=1S/C24H25N7O4/c1-34-18-6-4-17(5-7-18)31-21(27-23(32)19-15-26-30-11-3-10-25-22(19)30)14-20(28-31)16-8-12-29(13-9-16)24(33)35-2/h3-7,10-11,14-16H,8-9,12-13H2,1-2H3,(H,27,32). The minimum Gasteiger partial charge on any atom is -0.497 e. The topological polar surface area (TPSA) is 116 Å². The van der Waals surface area contributed by atoms with E-state index in [0.29, 0.717) is 30.1 Å². The maximum Gasteiger partial charge on any atom is 0.409 e. The van der Waals surface area contributed by atoms with Gasteiger partial charge in [0.05, 0.1) is 31.8 Å². The van der Waals surface area contributed by atoms with E-state index in [2.05, 4.69) is 15.4 Å². The molecule has 5 rings (SSSR count). The van der Waals surface area contributed by atoms with Crippen LogP contribution in [0.15, 0.2) is 55.0 Å². The van der Waals surface area contributed by atoms with Gasteiger partial charge in [-0.1, -0.05) is 0 Å². The summed E-state index contributed by atoms with van der Waals surface area (Å²) in [6.07, 6.45) is 6.03. The number of nitrogens with one attached hydrogen (secondary N) is 1. The van der Waals surface area contributed by atoms with E-state index in [1.54, 1.807) is 39.7 Å². The number of piperidine rings is 1. The first-order valence-corrected chi connectivity index (χ1v) is 11.2. The third kappa shape index (κ3) is 4.39. The molecule has 0 saturated carbocycles. The fourth-order valence-corrected chi connectivity index (χ4v) is 4.27. The van der Waals surface area contributed by atoms with E-state index in [1.807, 2.05) is 30.3 Å². The quantitative estimate of drug-likeness (QED) is 0.471. The maximum atomic E-state index is 13.2. The summed E-state index contributed by atoms with van der Waals surface area (Å²) in [6.45, 7) is 1.17. The molecule has 3 aromatic heterocycles. The molecular formula is C24H25N7O4. The number of ether oxygens (including phenoxy) is 2. The summed E-state index contributed by atoms with van der Waals surface area (Å²) in [5.41, 5.74) is 2.45. The lowest BCUT2D eigenvalue weighted by Gasteiger charge is -2.29. The van der Waals surface area contributed by atoms with Gasteiger partial charge in [0, 0.05) is 37.5 Å². The number of carbonyl (C=O) groups is 2. The van der Waals surface area contributed by atoms with Crippen molar-refractivity contribution >= 4 is 23.5 Å². The van der Waals surface area contributed by atoms with E-state index >= 15 is 0 Å². The zero-order chi connectivity index (χ0) is 24.4. The van der Waals surface area contributed by atoms with Crippen LogP contribution in [-0.4, -0.2) is 68.6 Å². The lowest BCUT2D eigenvalue weighted by molar-refractivity contribution is 0.102. The Morgan fingerprint density at radius 1 is 1.11 bits per heavy atom. The molecule has 0 atom stereocenters. The molecule has 1 saturated heterocycles. The minimum absolute atomic E-state index is 0.143. The Bertz CT molecular complexity index is 1350. The molecule has 35 heavy (non-hydrogen) atoms. The molecular weight excluding hydrogens is 450 g/mol. The third-order valence-electron chi connectivity index (χ3n) is 6.16. The molecule has 2 amide bonds. The molecule has 11 nitrogen and oxygen atoms in total. The summed E-state index contributed by atoms with van der Waals surface area (Å²) in [7, 11) is 3.00. The molecule has 1 aromatic carbocycles. The zero-order valence-corrected chi connectivity index (χ0v) is 19.4. The van der Waals surface area contributed by atoms with Crippen molar-refractivity contribution in [1.29, 1.82) is 0 Å². The number of hydrogen-bond acceptors (Lipinski definition) is 7. The van der Waals surface area contributed by atoms with Gasteiger partial charge in [-0.05, 0) is 43.2 Å². The number of hydrogen-bond donors (Lipinski definition) is 1. The number of anilines is 1. The summed E-state index contributed by atoms with van der Waals surface area (Å²) in [6, 6.07) is 11.1. The van der Waals surface area contributed by atoms with Gasteiger partial charge in [0.25, 0.3) is 5.91 Å². The Balaban J connectivity index is 1.45. The SMILES string of the molecule is COC(=O)N1CCC(c2cc(NC(=O)c3cnn4cccnc34)n(-c3ccc(OC)cc3)n2)CC1. The average Bonchev–Trinajstić information content (AvgIpc) is 3.53. The van der Waals surface area contributed by atoms with Crippen LogP contribution >= 0.6 is 0 Å². The summed E-state index contributed by atoms with van der Waals surface area (Å²) >= 11 is 0. The number of methoxy groups -OCH3 is 2. The molecule has 1 aliphatic heterocycles. The van der Waals surface area contributed by atoms with Gasteiger partial charge in [0.1, 0.15) is 17.1 Å². The van der Waals surface area contributed by atoms with Crippen LogP contribution < -0.4 is 10.1 Å². The van der Waals surface area contributed by atoms with Gasteiger partial charge in [-0.3, -0.25) is 4.79 Å². The van der Waals surface area contributed by atoms with Crippen molar-refractivity contribution in [2.45, 2.75) is 18.8 Å². The number of fused-ring (bicyclic) bond motifs is 1. The maximum absolute atomic E-state index is 13.2. The smallest absolute Gasteiger partial charge is 0.409 e. The van der Waals surface area contributed by atoms with Crippen molar-refractivity contribution < 1.29 is 19.1 Å². The first-order valence-electron chi connectivity index (χ1n) is 11.2. The predicted octanol–water partition coefficient (Wildman–Crippen LogP) is 3.12. The van der Waals surface area contributed by atoms with E-state index < -0.39 is 0 Å². The van der Waals surface area contributed by atoms with Crippen LogP contribution in [-0.2, 0) is 4.74 Å². The first kappa shape index (κ1) is 22.4. The van der Waals surface area contributed by atoms with Crippen LogP contribution in [0.5, 0.6) is 5.75 Å². The molecule has 4 aromatic rings. The van der Waals surface area contributed by atoms with Crippen molar-refractivity contribution in [1.82, 2.24) is 29.3 Å². The lowest BCUT2D eigenvalue weighted by Crippen LogP contribution is -2.37. The second kappa shape index (κ2) is 9.45. The average molecular weight is 476 g/mol. The van der Waals surface area contributed by atoms with Gasteiger partial charge < -0.3 is 19.7 Å². The largest absolute Gasteiger partial charge is 0.497 e. The molecule has 1 fully saturated rings. The van der Waals surface area contributed by atoms with Crippen molar-refractivity contribution in [3.8, 4) is 11.4 Å². The molecule has 1 N–H and O–H groups in total. The summed E-state index contributed by atoms with van der Waals surface area (Å²) in [4.78, 5) is 31.0. The third-order valence-corrected chi connectivity index (χ3v) is 6.16. The Labute approximate surface area is 201 Å². The molecule has 0 unspecified atom stereocenters. The van der Waals surface area contributed by atoms with Crippen LogP contribution in [0.4, 0.5) is 10.6 Å². The fraction of sp³-hybridized carbons (Fsp3) is 0.292. The van der Waals surface area contributed by atoms with Crippen LogP contribution in [0.25, 0.3) is 11.3 Å². The van der Waals surface area contributed by atoms with Crippen LogP contribution in [0, 0.1) is 0 Å². The molecule has 0 aliphatic carbocycles. The van der Waals surface area contributed by atoms with E-state index in [4.69, 9.17) is 14.6 Å². The summed E-state index contributed by atoms with van der Waals surface area (Å²) < 4.78 is 13.4. The Morgan fingerprint density at radius 2 is 1.89 bits per heavy atom. The highest BCUT2D eigenvalue weighted by Crippen LogP contribution is 2.31. The van der Waals surface area contributed by atoms with Crippen molar-refractivity contribution in [2.75, 3.05) is 32.6 Å². The summed E-state index contributed by atoms with van der Waals surface area (Å²) in [5.74, 6) is 1.06. The second-order valence-corrected chi connectivity index (χ2v) is 8.20.